The van der Waals surface area contributed by atoms with Crippen molar-refractivity contribution in [3.05, 3.63) is 69.9 Å². The molecule has 3 aromatic heterocycles. The van der Waals surface area contributed by atoms with Gasteiger partial charge in [-0.2, -0.15) is 0 Å². The topological polar surface area (TPSA) is 59.3 Å². The van der Waals surface area contributed by atoms with Crippen LogP contribution < -0.4 is 5.32 Å². The van der Waals surface area contributed by atoms with Gasteiger partial charge in [-0.15, -0.1) is 34.4 Å². The standard InChI is InChI=1S/C17H14N4OS3/c22-16(18-7-12-8-21-5-6-24-17(21)20-12)14-3-1-2-4-15(14)25-10-13-9-23-11-19-13/h1-6,8-9,11H,7,10H2,(H,18,22). The second-order valence-electron chi connectivity index (χ2n) is 5.27. The fourth-order valence-electron chi connectivity index (χ4n) is 2.37. The fourth-order valence-corrected chi connectivity index (χ4v) is 4.70. The zero-order valence-corrected chi connectivity index (χ0v) is 15.5. The Morgan fingerprint density at radius 3 is 3.04 bits per heavy atom. The van der Waals surface area contributed by atoms with Gasteiger partial charge in [-0.05, 0) is 12.1 Å². The van der Waals surface area contributed by atoms with E-state index in [4.69, 9.17) is 0 Å². The van der Waals surface area contributed by atoms with E-state index in [1.54, 1.807) is 34.4 Å². The monoisotopic (exact) mass is 386 g/mol. The van der Waals surface area contributed by atoms with Crippen LogP contribution in [0.15, 0.2) is 57.8 Å². The number of aromatic nitrogens is 3. The van der Waals surface area contributed by atoms with Crippen molar-refractivity contribution in [1.29, 1.82) is 0 Å². The van der Waals surface area contributed by atoms with Gasteiger partial charge in [0.1, 0.15) is 0 Å². The summed E-state index contributed by atoms with van der Waals surface area (Å²) in [6.07, 6.45) is 3.90. The molecule has 0 saturated carbocycles. The first-order valence-corrected chi connectivity index (χ1v) is 10.4. The van der Waals surface area contributed by atoms with Crippen molar-refractivity contribution in [1.82, 2.24) is 19.7 Å². The lowest BCUT2D eigenvalue weighted by atomic mass is 10.2. The molecule has 4 aromatic rings. The Labute approximate surface area is 156 Å². The Hall–Kier alpha value is -2.16. The molecule has 0 aliphatic carbocycles. The molecule has 1 amide bonds. The summed E-state index contributed by atoms with van der Waals surface area (Å²) >= 11 is 4.78. The Kier molecular flexibility index (Phi) is 4.82. The lowest BCUT2D eigenvalue weighted by Gasteiger charge is -2.08. The molecule has 0 bridgehead atoms. The molecule has 126 valence electrons. The molecule has 0 radical (unpaired) electrons. The number of hydrogen-bond acceptors (Lipinski definition) is 6. The number of carbonyl (C=O) groups is 1. The van der Waals surface area contributed by atoms with E-state index in [2.05, 4.69) is 15.3 Å². The Morgan fingerprint density at radius 1 is 1.28 bits per heavy atom. The number of nitrogens with one attached hydrogen (secondary N) is 1. The number of imidazole rings is 1. The number of rotatable bonds is 6. The molecule has 8 heteroatoms. The molecular weight excluding hydrogens is 372 g/mol. The second-order valence-corrected chi connectivity index (χ2v) is 7.88. The molecular formula is C17H14N4OS3. The summed E-state index contributed by atoms with van der Waals surface area (Å²) in [4.78, 5) is 23.2. The molecule has 0 aliphatic rings. The van der Waals surface area contributed by atoms with Gasteiger partial charge in [0.2, 0.25) is 0 Å². The van der Waals surface area contributed by atoms with Crippen LogP contribution in [0.4, 0.5) is 0 Å². The second kappa shape index (κ2) is 7.38. The Balaban J connectivity index is 1.43. The molecule has 3 heterocycles. The van der Waals surface area contributed by atoms with E-state index in [9.17, 15) is 4.79 Å². The minimum Gasteiger partial charge on any atom is -0.346 e. The van der Waals surface area contributed by atoms with Crippen LogP contribution in [-0.4, -0.2) is 20.3 Å². The quantitative estimate of drug-likeness (QED) is 0.508. The molecule has 0 saturated heterocycles. The summed E-state index contributed by atoms with van der Waals surface area (Å²) < 4.78 is 1.96. The van der Waals surface area contributed by atoms with Gasteiger partial charge in [0, 0.05) is 33.8 Å². The van der Waals surface area contributed by atoms with E-state index in [1.807, 2.05) is 57.3 Å². The summed E-state index contributed by atoms with van der Waals surface area (Å²) in [5.74, 6) is 0.670. The molecule has 0 spiro atoms. The van der Waals surface area contributed by atoms with Crippen molar-refractivity contribution in [2.45, 2.75) is 17.2 Å². The molecule has 25 heavy (non-hydrogen) atoms. The number of thiazole rings is 2. The van der Waals surface area contributed by atoms with Crippen LogP contribution in [0.2, 0.25) is 0 Å². The summed E-state index contributed by atoms with van der Waals surface area (Å²) in [7, 11) is 0. The Morgan fingerprint density at radius 2 is 2.20 bits per heavy atom. The zero-order chi connectivity index (χ0) is 17.1. The van der Waals surface area contributed by atoms with Crippen molar-refractivity contribution in [3.8, 4) is 0 Å². The fraction of sp³-hybridized carbons (Fsp3) is 0.118. The zero-order valence-electron chi connectivity index (χ0n) is 13.1. The van der Waals surface area contributed by atoms with Gasteiger partial charge in [-0.3, -0.25) is 9.20 Å². The van der Waals surface area contributed by atoms with Crippen molar-refractivity contribution in [2.75, 3.05) is 0 Å². The van der Waals surface area contributed by atoms with Gasteiger partial charge < -0.3 is 5.32 Å². The number of hydrogen-bond donors (Lipinski definition) is 1. The van der Waals surface area contributed by atoms with Crippen molar-refractivity contribution < 1.29 is 4.79 Å². The van der Waals surface area contributed by atoms with Crippen LogP contribution in [0.5, 0.6) is 0 Å². The van der Waals surface area contributed by atoms with E-state index in [0.29, 0.717) is 12.1 Å². The molecule has 4 rings (SSSR count). The third-order valence-electron chi connectivity index (χ3n) is 3.56. The van der Waals surface area contributed by atoms with Crippen LogP contribution in [-0.2, 0) is 12.3 Å². The molecule has 1 aromatic carbocycles. The first-order chi connectivity index (χ1) is 12.3. The average Bonchev–Trinajstić information content (AvgIpc) is 3.35. The van der Waals surface area contributed by atoms with Crippen molar-refractivity contribution in [2.24, 2.45) is 0 Å². The highest BCUT2D eigenvalue weighted by atomic mass is 32.2. The molecule has 0 aliphatic heterocycles. The van der Waals surface area contributed by atoms with Gasteiger partial charge in [0.15, 0.2) is 4.96 Å². The van der Waals surface area contributed by atoms with E-state index < -0.39 is 0 Å². The van der Waals surface area contributed by atoms with Gasteiger partial charge in [-0.25, -0.2) is 9.97 Å². The van der Waals surface area contributed by atoms with Gasteiger partial charge >= 0.3 is 0 Å². The largest absolute Gasteiger partial charge is 0.346 e. The normalized spacial score (nSPS) is 11.0. The highest BCUT2D eigenvalue weighted by molar-refractivity contribution is 7.98. The maximum Gasteiger partial charge on any atom is 0.252 e. The van der Waals surface area contributed by atoms with Crippen LogP contribution in [0, 0.1) is 0 Å². The van der Waals surface area contributed by atoms with Crippen LogP contribution in [0.1, 0.15) is 21.7 Å². The lowest BCUT2D eigenvalue weighted by Crippen LogP contribution is -2.23. The Bertz CT molecular complexity index is 962. The number of nitrogens with zero attached hydrogens (tertiary/aromatic N) is 3. The number of fused-ring (bicyclic) bond motifs is 1. The smallest absolute Gasteiger partial charge is 0.252 e. The summed E-state index contributed by atoms with van der Waals surface area (Å²) in [5, 5.41) is 6.98. The third-order valence-corrected chi connectivity index (χ3v) is 6.08. The number of benzene rings is 1. The maximum absolute atomic E-state index is 12.6. The van der Waals surface area contributed by atoms with Crippen molar-refractivity contribution in [3.63, 3.8) is 0 Å². The molecule has 0 unspecified atom stereocenters. The molecule has 0 atom stereocenters. The minimum absolute atomic E-state index is 0.0854. The van der Waals surface area contributed by atoms with Crippen LogP contribution >= 0.6 is 34.4 Å². The summed E-state index contributed by atoms with van der Waals surface area (Å²) in [6.45, 7) is 0.415. The summed E-state index contributed by atoms with van der Waals surface area (Å²) in [6, 6.07) is 7.65. The van der Waals surface area contributed by atoms with E-state index in [1.165, 1.54) is 0 Å². The predicted octanol–water partition coefficient (Wildman–Crippen LogP) is 4.07. The average molecular weight is 387 g/mol. The van der Waals surface area contributed by atoms with Gasteiger partial charge in [-0.1, -0.05) is 12.1 Å². The predicted molar refractivity (Wildman–Crippen MR) is 102 cm³/mol. The molecule has 1 N–H and O–H groups in total. The van der Waals surface area contributed by atoms with Gasteiger partial charge in [0.25, 0.3) is 5.91 Å². The van der Waals surface area contributed by atoms with E-state index in [-0.39, 0.29) is 5.91 Å². The lowest BCUT2D eigenvalue weighted by molar-refractivity contribution is 0.0947. The van der Waals surface area contributed by atoms with E-state index in [0.717, 1.165) is 27.0 Å². The highest BCUT2D eigenvalue weighted by Crippen LogP contribution is 2.26. The molecule has 5 nitrogen and oxygen atoms in total. The first kappa shape index (κ1) is 16.3. The van der Waals surface area contributed by atoms with E-state index >= 15 is 0 Å². The SMILES string of the molecule is O=C(NCc1cn2ccsc2n1)c1ccccc1SCc1cscn1. The molecule has 0 fully saturated rings. The summed E-state index contributed by atoms with van der Waals surface area (Å²) in [5.41, 5.74) is 4.39. The van der Waals surface area contributed by atoms with Gasteiger partial charge in [0.05, 0.1) is 29.0 Å². The maximum atomic E-state index is 12.6. The third kappa shape index (κ3) is 3.76. The minimum atomic E-state index is -0.0854. The van der Waals surface area contributed by atoms with Crippen molar-refractivity contribution >= 4 is 45.3 Å². The number of amides is 1. The first-order valence-electron chi connectivity index (χ1n) is 7.58. The highest BCUT2D eigenvalue weighted by Gasteiger charge is 2.12. The number of carbonyl (C=O) groups excluding carboxylic acids is 1. The number of thioether (sulfide) groups is 1. The van der Waals surface area contributed by atoms with Crippen LogP contribution in [0.3, 0.4) is 0 Å². The van der Waals surface area contributed by atoms with Crippen LogP contribution in [0.25, 0.3) is 4.96 Å².